The number of nitrogens with one attached hydrogen (secondary N) is 1. The summed E-state index contributed by atoms with van der Waals surface area (Å²) in [5.41, 5.74) is -0.877. The summed E-state index contributed by atoms with van der Waals surface area (Å²) < 4.78 is 12.7. The Morgan fingerprint density at radius 1 is 1.40 bits per heavy atom. The molecule has 2 N–H and O–H groups in total. The maximum atomic E-state index is 11.9. The molecule has 0 aromatic carbocycles. The Kier molecular flexibility index (Phi) is 3.28. The summed E-state index contributed by atoms with van der Waals surface area (Å²) in [6.07, 6.45) is 0.544. The number of fused-ring (bicyclic) bond motifs is 1. The average molecular weight is 300 g/mol. The molecule has 20 heavy (non-hydrogen) atoms. The van der Waals surface area contributed by atoms with Gasteiger partial charge in [0.2, 0.25) is 0 Å². The summed E-state index contributed by atoms with van der Waals surface area (Å²) in [5, 5.41) is 8.73. The summed E-state index contributed by atoms with van der Waals surface area (Å²) in [6.45, 7) is 3.46. The second-order valence-corrected chi connectivity index (χ2v) is 6.66. The van der Waals surface area contributed by atoms with Gasteiger partial charge in [-0.15, -0.1) is 11.8 Å². The van der Waals surface area contributed by atoms with Crippen LogP contribution in [-0.2, 0) is 9.47 Å². The predicted octanol–water partition coefficient (Wildman–Crippen LogP) is -0.337. The van der Waals surface area contributed by atoms with Crippen molar-refractivity contribution in [2.75, 3.05) is 6.61 Å². The summed E-state index contributed by atoms with van der Waals surface area (Å²) in [5.74, 6) is -0.785. The summed E-state index contributed by atoms with van der Waals surface area (Å²) in [4.78, 5) is 26.3. The molecule has 0 aliphatic carbocycles. The van der Waals surface area contributed by atoms with Crippen molar-refractivity contribution in [2.45, 2.75) is 42.5 Å². The highest BCUT2D eigenvalue weighted by atomic mass is 32.2. The lowest BCUT2D eigenvalue weighted by Crippen LogP contribution is -2.40. The van der Waals surface area contributed by atoms with E-state index in [1.807, 2.05) is 0 Å². The van der Waals surface area contributed by atoms with Crippen molar-refractivity contribution >= 4 is 11.8 Å². The Balaban J connectivity index is 2.03. The monoisotopic (exact) mass is 300 g/mol. The number of thioether (sulfide) groups is 1. The zero-order valence-corrected chi connectivity index (χ0v) is 11.9. The molecule has 0 spiro atoms. The number of aliphatic hydroxyl groups excluding tert-OH is 1. The third-order valence-electron chi connectivity index (χ3n) is 3.45. The fraction of sp³-hybridized carbons (Fsp3) is 0.667. The molecular formula is C12H16N2O5S. The second-order valence-electron chi connectivity index (χ2n) is 5.30. The minimum atomic E-state index is -0.785. The maximum Gasteiger partial charge on any atom is 0.329 e. The zero-order valence-electron chi connectivity index (χ0n) is 11.1. The minimum absolute atomic E-state index is 0.0960. The number of hydrogen-bond donors (Lipinski definition) is 2. The lowest BCUT2D eigenvalue weighted by Gasteiger charge is -2.23. The molecule has 2 aliphatic rings. The van der Waals surface area contributed by atoms with Crippen LogP contribution in [0.15, 0.2) is 21.9 Å². The Hall–Kier alpha value is -1.09. The molecule has 2 aliphatic heterocycles. The van der Waals surface area contributed by atoms with Gasteiger partial charge >= 0.3 is 5.69 Å². The van der Waals surface area contributed by atoms with E-state index in [1.165, 1.54) is 24.0 Å². The van der Waals surface area contributed by atoms with Gasteiger partial charge in [0.15, 0.2) is 5.79 Å². The van der Waals surface area contributed by atoms with Crippen LogP contribution in [0.3, 0.4) is 0 Å². The summed E-state index contributed by atoms with van der Waals surface area (Å²) >= 11 is 1.33. The molecule has 2 saturated heterocycles. The van der Waals surface area contributed by atoms with Gasteiger partial charge < -0.3 is 19.6 Å². The lowest BCUT2D eigenvalue weighted by atomic mass is 10.1. The van der Waals surface area contributed by atoms with Gasteiger partial charge in [0, 0.05) is 12.3 Å². The topological polar surface area (TPSA) is 93.5 Å². The van der Waals surface area contributed by atoms with Gasteiger partial charge in [-0.05, 0) is 13.8 Å². The molecule has 1 aromatic heterocycles. The van der Waals surface area contributed by atoms with Crippen molar-refractivity contribution in [2.24, 2.45) is 0 Å². The van der Waals surface area contributed by atoms with Crippen LogP contribution in [0, 0.1) is 0 Å². The standard InChI is InChI=1S/C12H16N2O5S/c1-12(2)18-8-6(5-15)20-10(9(8)19-12)14-7(16)3-4-13-11(14)17/h3-4,6,8-10,15H,5H2,1-2H3,(H,13,17)/t6-,8-,9-,10-/m1/s1. The zero-order chi connectivity index (χ0) is 14.5. The molecule has 8 heteroatoms. The van der Waals surface area contributed by atoms with Gasteiger partial charge in [0.25, 0.3) is 5.56 Å². The highest BCUT2D eigenvalue weighted by molar-refractivity contribution is 8.00. The van der Waals surface area contributed by atoms with Crippen LogP contribution in [0.1, 0.15) is 19.2 Å². The summed E-state index contributed by atoms with van der Waals surface area (Å²) in [7, 11) is 0. The van der Waals surface area contributed by atoms with Gasteiger partial charge in [0.1, 0.15) is 17.6 Å². The van der Waals surface area contributed by atoms with Crippen molar-refractivity contribution in [3.05, 3.63) is 33.1 Å². The highest BCUT2D eigenvalue weighted by Crippen LogP contribution is 2.49. The second kappa shape index (κ2) is 4.73. The number of ether oxygens (including phenoxy) is 2. The molecule has 1 aromatic rings. The van der Waals surface area contributed by atoms with Crippen LogP contribution in [0.4, 0.5) is 0 Å². The van der Waals surface area contributed by atoms with E-state index in [9.17, 15) is 14.7 Å². The fourth-order valence-corrected chi connectivity index (χ4v) is 4.19. The van der Waals surface area contributed by atoms with Crippen molar-refractivity contribution < 1.29 is 14.6 Å². The molecule has 3 rings (SSSR count). The largest absolute Gasteiger partial charge is 0.395 e. The summed E-state index contributed by atoms with van der Waals surface area (Å²) in [6, 6.07) is 1.30. The van der Waals surface area contributed by atoms with E-state index in [1.54, 1.807) is 13.8 Å². The first-order valence-corrected chi connectivity index (χ1v) is 7.29. The number of aromatic amines is 1. The highest BCUT2D eigenvalue weighted by Gasteiger charge is 2.55. The molecule has 0 radical (unpaired) electrons. The molecule has 4 atom stereocenters. The number of hydrogen-bond acceptors (Lipinski definition) is 6. The first kappa shape index (κ1) is 13.9. The van der Waals surface area contributed by atoms with Gasteiger partial charge in [0.05, 0.1) is 11.9 Å². The molecule has 0 bridgehead atoms. The van der Waals surface area contributed by atoms with Crippen molar-refractivity contribution in [3.63, 3.8) is 0 Å². The van der Waals surface area contributed by atoms with Crippen molar-refractivity contribution in [1.29, 1.82) is 0 Å². The predicted molar refractivity (Wildman–Crippen MR) is 72.6 cm³/mol. The van der Waals surface area contributed by atoms with Gasteiger partial charge in [-0.3, -0.25) is 4.79 Å². The first-order chi connectivity index (χ1) is 9.43. The molecule has 7 nitrogen and oxygen atoms in total. The Labute approximate surface area is 118 Å². The molecular weight excluding hydrogens is 284 g/mol. The van der Waals surface area contributed by atoms with E-state index in [0.717, 1.165) is 4.57 Å². The Morgan fingerprint density at radius 2 is 2.10 bits per heavy atom. The van der Waals surface area contributed by atoms with Crippen LogP contribution in [0.5, 0.6) is 0 Å². The Bertz CT molecular complexity index is 597. The lowest BCUT2D eigenvalue weighted by molar-refractivity contribution is -0.149. The van der Waals surface area contributed by atoms with Gasteiger partial charge in [-0.1, -0.05) is 0 Å². The van der Waals surface area contributed by atoms with Crippen LogP contribution < -0.4 is 11.2 Å². The molecule has 3 heterocycles. The van der Waals surface area contributed by atoms with Crippen LogP contribution in [0.25, 0.3) is 0 Å². The SMILES string of the molecule is CC1(C)O[C@@H]2[C@H](O1)[C@@H](CO)S[C@H]2n1c(=O)cc[nH]c1=O. The number of H-pyrrole nitrogens is 1. The number of aliphatic hydroxyl groups is 1. The first-order valence-electron chi connectivity index (χ1n) is 6.35. The van der Waals surface area contributed by atoms with E-state index < -0.39 is 28.5 Å². The van der Waals surface area contributed by atoms with Crippen LogP contribution in [-0.4, -0.2) is 44.5 Å². The van der Waals surface area contributed by atoms with E-state index in [2.05, 4.69) is 4.98 Å². The van der Waals surface area contributed by atoms with Crippen molar-refractivity contribution in [3.8, 4) is 0 Å². The van der Waals surface area contributed by atoms with Crippen LogP contribution in [0.2, 0.25) is 0 Å². The molecule has 110 valence electrons. The van der Waals surface area contributed by atoms with Gasteiger partial charge in [-0.2, -0.15) is 0 Å². The smallest absolute Gasteiger partial charge is 0.329 e. The molecule has 0 amide bonds. The minimum Gasteiger partial charge on any atom is -0.395 e. The Morgan fingerprint density at radius 3 is 2.75 bits per heavy atom. The average Bonchev–Trinajstić information content (AvgIpc) is 2.83. The fourth-order valence-electron chi connectivity index (χ4n) is 2.69. The maximum absolute atomic E-state index is 11.9. The quantitative estimate of drug-likeness (QED) is 0.776. The van der Waals surface area contributed by atoms with E-state index in [4.69, 9.17) is 9.47 Å². The third-order valence-corrected chi connectivity index (χ3v) is 4.97. The van der Waals surface area contributed by atoms with Crippen molar-refractivity contribution in [1.82, 2.24) is 9.55 Å². The molecule has 0 saturated carbocycles. The van der Waals surface area contributed by atoms with Crippen LogP contribution >= 0.6 is 11.8 Å². The third kappa shape index (κ3) is 2.12. The van der Waals surface area contributed by atoms with E-state index in [-0.39, 0.29) is 18.0 Å². The normalized spacial score (nSPS) is 35.1. The van der Waals surface area contributed by atoms with E-state index >= 15 is 0 Å². The molecule has 2 fully saturated rings. The number of rotatable bonds is 2. The van der Waals surface area contributed by atoms with Gasteiger partial charge in [-0.25, -0.2) is 9.36 Å². The van der Waals surface area contributed by atoms with E-state index in [0.29, 0.717) is 0 Å². The number of aromatic nitrogens is 2. The molecule has 0 unspecified atom stereocenters. The number of nitrogens with zero attached hydrogens (tertiary/aromatic N) is 1.